The van der Waals surface area contributed by atoms with Gasteiger partial charge in [0.25, 0.3) is 0 Å². The molecule has 0 aromatic heterocycles. The largest absolute Gasteiger partial charge is 0.459 e. The number of carbonyl (C=O) groups excluding carboxylic acids is 3. The number of ether oxygens (including phenoxy) is 3. The standard InChI is InChI=1S/C37H56N3O8/c1-32(2)17-26(18-33(3,4)38(32)13)46-29(41)23-14-24(30(42)47-27-19-34(5,6)39(44)35(7,8)20-27)16-25(15-23)31(43)48-28-21-36(9,10)40(45)37(11,12)22-28/h14-16,26-28H,13,17-22H2,1-12H3. The first-order valence-electron chi connectivity index (χ1n) is 17.0. The van der Waals surface area contributed by atoms with E-state index in [1.54, 1.807) is 0 Å². The molecule has 0 atom stereocenters. The van der Waals surface area contributed by atoms with E-state index in [-0.39, 0.29) is 27.8 Å². The van der Waals surface area contributed by atoms with Gasteiger partial charge in [-0.2, -0.15) is 0 Å². The molecule has 11 nitrogen and oxygen atoms in total. The van der Waals surface area contributed by atoms with Crippen molar-refractivity contribution in [2.24, 2.45) is 0 Å². The minimum Gasteiger partial charge on any atom is -0.459 e. The number of piperidine rings is 3. The number of hydrogen-bond donors (Lipinski definition) is 0. The highest BCUT2D eigenvalue weighted by atomic mass is 16.6. The predicted molar refractivity (Wildman–Crippen MR) is 178 cm³/mol. The fraction of sp³-hybridized carbons (Fsp3) is 0.730. The van der Waals surface area contributed by atoms with E-state index in [1.165, 1.54) is 18.2 Å². The normalized spacial score (nSPS) is 26.1. The quantitative estimate of drug-likeness (QED) is 0.240. The highest BCUT2D eigenvalue weighted by molar-refractivity contribution is 6.00. The molecule has 3 heterocycles. The molecule has 0 aliphatic carbocycles. The zero-order chi connectivity index (χ0) is 36.4. The van der Waals surface area contributed by atoms with E-state index in [9.17, 15) is 24.8 Å². The summed E-state index contributed by atoms with van der Waals surface area (Å²) in [7, 11) is 4.23. The highest BCUT2D eigenvalue weighted by Crippen LogP contribution is 2.41. The maximum atomic E-state index is 13.7. The summed E-state index contributed by atoms with van der Waals surface area (Å²) in [5.74, 6) is -2.11. The van der Waals surface area contributed by atoms with Crippen LogP contribution in [0.1, 0.15) is 153 Å². The molecular weight excluding hydrogens is 614 g/mol. The van der Waals surface area contributed by atoms with Gasteiger partial charge >= 0.3 is 17.9 Å². The van der Waals surface area contributed by atoms with Crippen LogP contribution in [-0.4, -0.2) is 84.5 Å². The number of benzene rings is 1. The van der Waals surface area contributed by atoms with Gasteiger partial charge in [-0.25, -0.2) is 14.4 Å². The fourth-order valence-corrected chi connectivity index (χ4v) is 8.46. The molecule has 0 unspecified atom stereocenters. The Morgan fingerprint density at radius 3 is 0.938 bits per heavy atom. The van der Waals surface area contributed by atoms with Gasteiger partial charge in [0, 0.05) is 78.8 Å². The van der Waals surface area contributed by atoms with Crippen LogP contribution in [0.3, 0.4) is 0 Å². The molecule has 3 saturated heterocycles. The van der Waals surface area contributed by atoms with Gasteiger partial charge in [-0.3, -0.25) is 4.90 Å². The van der Waals surface area contributed by atoms with Crippen molar-refractivity contribution in [2.75, 3.05) is 0 Å². The Kier molecular flexibility index (Phi) is 10.1. The lowest BCUT2D eigenvalue weighted by molar-refractivity contribution is -0.298. The van der Waals surface area contributed by atoms with Crippen LogP contribution in [0.25, 0.3) is 0 Å². The Labute approximate surface area is 286 Å². The van der Waals surface area contributed by atoms with Crippen LogP contribution in [0.5, 0.6) is 0 Å². The molecule has 267 valence electrons. The summed E-state index contributed by atoms with van der Waals surface area (Å²) in [4.78, 5) is 43.1. The Morgan fingerprint density at radius 1 is 0.500 bits per heavy atom. The van der Waals surface area contributed by atoms with Crippen LogP contribution in [-0.2, 0) is 24.6 Å². The smallest absolute Gasteiger partial charge is 0.338 e. The minimum absolute atomic E-state index is 0.000148. The van der Waals surface area contributed by atoms with Crippen LogP contribution in [0.2, 0.25) is 0 Å². The molecule has 4 rings (SSSR count). The van der Waals surface area contributed by atoms with Crippen molar-refractivity contribution >= 4 is 17.9 Å². The number of esters is 3. The van der Waals surface area contributed by atoms with Crippen LogP contribution < -0.4 is 0 Å². The second-order valence-corrected chi connectivity index (χ2v) is 18.0. The van der Waals surface area contributed by atoms with Gasteiger partial charge in [-0.15, -0.1) is 20.5 Å². The van der Waals surface area contributed by atoms with Gasteiger partial charge in [-0.05, 0) is 101 Å². The summed E-state index contributed by atoms with van der Waals surface area (Å²) in [6, 6.07) is 4.14. The van der Waals surface area contributed by atoms with Crippen LogP contribution in [0.4, 0.5) is 0 Å². The molecule has 3 aliphatic rings. The first-order valence-corrected chi connectivity index (χ1v) is 17.0. The SMILES string of the molecule is [CH2]N1C(C)(C)CC(OC(=O)c2cc(C(=O)OC3CC(C)(C)N([O])C(C)(C)C3)cc(C(=O)OC3CC(C)(C)N([O])C(C)(C)C3)c2)CC1(C)C. The monoisotopic (exact) mass is 670 g/mol. The van der Waals surface area contributed by atoms with E-state index >= 15 is 0 Å². The van der Waals surface area contributed by atoms with Gasteiger partial charge in [0.2, 0.25) is 0 Å². The third-order valence-electron chi connectivity index (χ3n) is 10.5. The molecule has 3 fully saturated rings. The molecule has 0 N–H and O–H groups in total. The van der Waals surface area contributed by atoms with Crippen LogP contribution >= 0.6 is 0 Å². The number of rotatable bonds is 6. The number of hydrogen-bond acceptors (Lipinski definition) is 9. The number of nitrogens with zero attached hydrogens (tertiary/aromatic N) is 3. The first-order chi connectivity index (χ1) is 21.7. The van der Waals surface area contributed by atoms with E-state index in [0.29, 0.717) is 38.5 Å². The van der Waals surface area contributed by atoms with E-state index < -0.39 is 58.4 Å². The zero-order valence-electron chi connectivity index (χ0n) is 31.0. The molecule has 3 aliphatic heterocycles. The molecule has 1 aromatic carbocycles. The van der Waals surface area contributed by atoms with Crippen molar-refractivity contribution in [1.82, 2.24) is 15.0 Å². The van der Waals surface area contributed by atoms with Crippen molar-refractivity contribution in [3.8, 4) is 0 Å². The Morgan fingerprint density at radius 2 is 0.708 bits per heavy atom. The molecule has 0 bridgehead atoms. The van der Waals surface area contributed by atoms with Crippen LogP contribution in [0, 0.1) is 7.05 Å². The van der Waals surface area contributed by atoms with Crippen molar-refractivity contribution in [1.29, 1.82) is 0 Å². The molecule has 48 heavy (non-hydrogen) atoms. The zero-order valence-corrected chi connectivity index (χ0v) is 31.0. The van der Waals surface area contributed by atoms with E-state index in [4.69, 9.17) is 14.2 Å². The number of hydroxylamine groups is 4. The Balaban J connectivity index is 1.64. The third-order valence-corrected chi connectivity index (χ3v) is 10.5. The van der Waals surface area contributed by atoms with Gasteiger partial charge in [0.05, 0.1) is 16.7 Å². The van der Waals surface area contributed by atoms with Crippen molar-refractivity contribution < 1.29 is 39.0 Å². The average molecular weight is 671 g/mol. The summed E-state index contributed by atoms with van der Waals surface area (Å²) in [6.45, 7) is 22.7. The van der Waals surface area contributed by atoms with E-state index in [2.05, 4.69) is 7.05 Å². The molecule has 1 aromatic rings. The van der Waals surface area contributed by atoms with E-state index in [1.807, 2.05) is 88.0 Å². The average Bonchev–Trinajstić information content (AvgIpc) is 2.92. The maximum absolute atomic E-state index is 13.7. The summed E-state index contributed by atoms with van der Waals surface area (Å²) in [5.41, 5.74) is -3.71. The maximum Gasteiger partial charge on any atom is 0.338 e. The summed E-state index contributed by atoms with van der Waals surface area (Å²) in [5, 5.41) is 27.9. The second kappa shape index (κ2) is 12.6. The Hall–Kier alpha value is -2.57. The summed E-state index contributed by atoms with van der Waals surface area (Å²) < 4.78 is 17.9. The van der Waals surface area contributed by atoms with E-state index in [0.717, 1.165) is 10.1 Å². The minimum atomic E-state index is -0.764. The van der Waals surface area contributed by atoms with Gasteiger partial charge in [0.15, 0.2) is 0 Å². The molecule has 0 amide bonds. The van der Waals surface area contributed by atoms with Gasteiger partial charge in [0.1, 0.15) is 18.3 Å². The van der Waals surface area contributed by atoms with Crippen molar-refractivity contribution in [2.45, 2.75) is 173 Å². The number of likely N-dealkylation sites (tertiary alicyclic amines) is 1. The lowest BCUT2D eigenvalue weighted by Crippen LogP contribution is -2.60. The van der Waals surface area contributed by atoms with Crippen LogP contribution in [0.15, 0.2) is 18.2 Å². The third kappa shape index (κ3) is 7.91. The molecule has 0 spiro atoms. The molecule has 0 saturated carbocycles. The molecular formula is C37H56N3O8. The first kappa shape index (κ1) is 38.2. The van der Waals surface area contributed by atoms with Gasteiger partial charge in [-0.1, -0.05) is 0 Å². The molecule has 11 heteroatoms. The summed E-state index contributed by atoms with van der Waals surface area (Å²) >= 11 is 0. The topological polar surface area (TPSA) is 128 Å². The molecule has 3 radical (unpaired) electrons. The fourth-order valence-electron chi connectivity index (χ4n) is 8.46. The second-order valence-electron chi connectivity index (χ2n) is 18.0. The highest BCUT2D eigenvalue weighted by Gasteiger charge is 2.49. The van der Waals surface area contributed by atoms with Gasteiger partial charge < -0.3 is 14.2 Å². The van der Waals surface area contributed by atoms with Crippen molar-refractivity contribution in [3.05, 3.63) is 41.9 Å². The lowest BCUT2D eigenvalue weighted by atomic mass is 9.78. The Bertz CT molecular complexity index is 1180. The summed E-state index contributed by atoms with van der Waals surface area (Å²) in [6.07, 6.45) is 0.856. The van der Waals surface area contributed by atoms with Crippen molar-refractivity contribution in [3.63, 3.8) is 0 Å². The lowest BCUT2D eigenvalue weighted by Gasteiger charge is -2.52. The number of carbonyl (C=O) groups is 3. The predicted octanol–water partition coefficient (Wildman–Crippen LogP) is 6.70.